The van der Waals surface area contributed by atoms with Crippen molar-refractivity contribution in [3.05, 3.63) is 47.4 Å². The van der Waals surface area contributed by atoms with Crippen molar-refractivity contribution >= 4 is 22.6 Å². The molecule has 0 aliphatic carbocycles. The Hall–Kier alpha value is -1.81. The standard InChI is InChI=1S/C14H14ClN3O/c1-9-4-3-5-11-14(9)17-12(6-15)18(11)8-13-16-7-10(2)19-13/h3-5,7H,6,8H2,1-2H3. The van der Waals surface area contributed by atoms with Gasteiger partial charge >= 0.3 is 0 Å². The average molecular weight is 276 g/mol. The highest BCUT2D eigenvalue weighted by Gasteiger charge is 2.13. The largest absolute Gasteiger partial charge is 0.444 e. The van der Waals surface area contributed by atoms with Crippen molar-refractivity contribution in [3.63, 3.8) is 0 Å². The maximum Gasteiger partial charge on any atom is 0.214 e. The van der Waals surface area contributed by atoms with Gasteiger partial charge in [-0.3, -0.25) is 0 Å². The molecule has 0 saturated carbocycles. The topological polar surface area (TPSA) is 43.9 Å². The third kappa shape index (κ3) is 2.12. The summed E-state index contributed by atoms with van der Waals surface area (Å²) in [7, 11) is 0. The van der Waals surface area contributed by atoms with Crippen LogP contribution in [0.1, 0.15) is 23.0 Å². The third-order valence-electron chi connectivity index (χ3n) is 3.14. The van der Waals surface area contributed by atoms with Crippen LogP contribution in [0.15, 0.2) is 28.8 Å². The van der Waals surface area contributed by atoms with Gasteiger partial charge in [-0.15, -0.1) is 11.6 Å². The van der Waals surface area contributed by atoms with Crippen molar-refractivity contribution in [2.45, 2.75) is 26.3 Å². The second kappa shape index (κ2) is 4.70. The molecule has 0 fully saturated rings. The molecule has 98 valence electrons. The quantitative estimate of drug-likeness (QED) is 0.688. The van der Waals surface area contributed by atoms with Gasteiger partial charge in [-0.2, -0.15) is 0 Å². The number of fused-ring (bicyclic) bond motifs is 1. The fourth-order valence-corrected chi connectivity index (χ4v) is 2.43. The van der Waals surface area contributed by atoms with Crippen molar-refractivity contribution in [3.8, 4) is 0 Å². The molecule has 0 N–H and O–H groups in total. The van der Waals surface area contributed by atoms with Gasteiger partial charge in [0.2, 0.25) is 5.89 Å². The minimum Gasteiger partial charge on any atom is -0.444 e. The first-order valence-electron chi connectivity index (χ1n) is 6.11. The van der Waals surface area contributed by atoms with E-state index < -0.39 is 0 Å². The molecule has 0 spiro atoms. The highest BCUT2D eigenvalue weighted by molar-refractivity contribution is 6.16. The lowest BCUT2D eigenvalue weighted by molar-refractivity contribution is 0.457. The molecule has 5 heteroatoms. The first kappa shape index (κ1) is 12.2. The van der Waals surface area contributed by atoms with Crippen LogP contribution in [0.3, 0.4) is 0 Å². The summed E-state index contributed by atoms with van der Waals surface area (Å²) in [6.07, 6.45) is 1.72. The van der Waals surface area contributed by atoms with Gasteiger partial charge in [-0.1, -0.05) is 12.1 Å². The van der Waals surface area contributed by atoms with Crippen molar-refractivity contribution in [2.75, 3.05) is 0 Å². The first-order chi connectivity index (χ1) is 9.19. The lowest BCUT2D eigenvalue weighted by atomic mass is 10.2. The van der Waals surface area contributed by atoms with Crippen LogP contribution in [-0.2, 0) is 12.4 Å². The van der Waals surface area contributed by atoms with E-state index in [4.69, 9.17) is 16.0 Å². The predicted molar refractivity (Wildman–Crippen MR) is 74.4 cm³/mol. The van der Waals surface area contributed by atoms with Crippen LogP contribution >= 0.6 is 11.6 Å². The van der Waals surface area contributed by atoms with Gasteiger partial charge < -0.3 is 8.98 Å². The number of para-hydroxylation sites is 1. The summed E-state index contributed by atoms with van der Waals surface area (Å²) in [5, 5.41) is 0. The molecule has 0 saturated heterocycles. The summed E-state index contributed by atoms with van der Waals surface area (Å²) in [4.78, 5) is 8.83. The number of halogens is 1. The Labute approximate surface area is 116 Å². The zero-order valence-electron chi connectivity index (χ0n) is 10.9. The van der Waals surface area contributed by atoms with E-state index in [0.717, 1.165) is 28.2 Å². The van der Waals surface area contributed by atoms with Gasteiger partial charge in [0.1, 0.15) is 18.1 Å². The second-order valence-corrected chi connectivity index (χ2v) is 4.82. The zero-order valence-corrected chi connectivity index (χ0v) is 11.6. The van der Waals surface area contributed by atoms with Crippen molar-refractivity contribution < 1.29 is 4.42 Å². The number of nitrogens with zero attached hydrogens (tertiary/aromatic N) is 3. The number of hydrogen-bond acceptors (Lipinski definition) is 3. The van der Waals surface area contributed by atoms with Crippen LogP contribution in [0.4, 0.5) is 0 Å². The lowest BCUT2D eigenvalue weighted by Crippen LogP contribution is -2.04. The van der Waals surface area contributed by atoms with Gasteiger partial charge in [0.05, 0.1) is 23.1 Å². The summed E-state index contributed by atoms with van der Waals surface area (Å²) in [6, 6.07) is 6.11. The number of alkyl halides is 1. The molecule has 4 nitrogen and oxygen atoms in total. The molecule has 0 unspecified atom stereocenters. The molecule has 0 amide bonds. The third-order valence-corrected chi connectivity index (χ3v) is 3.38. The normalized spacial score (nSPS) is 11.3. The molecule has 3 rings (SSSR count). The van der Waals surface area contributed by atoms with Crippen LogP contribution in [0.2, 0.25) is 0 Å². The number of rotatable bonds is 3. The Morgan fingerprint density at radius 2 is 2.16 bits per heavy atom. The smallest absolute Gasteiger partial charge is 0.214 e. The van der Waals surface area contributed by atoms with E-state index in [1.165, 1.54) is 0 Å². The number of imidazole rings is 1. The lowest BCUT2D eigenvalue weighted by Gasteiger charge is -2.04. The number of benzene rings is 1. The summed E-state index contributed by atoms with van der Waals surface area (Å²) >= 11 is 5.99. The number of aromatic nitrogens is 3. The molecule has 0 atom stereocenters. The fraction of sp³-hybridized carbons (Fsp3) is 0.286. The Kier molecular flexibility index (Phi) is 3.03. The zero-order chi connectivity index (χ0) is 13.4. The van der Waals surface area contributed by atoms with Gasteiger partial charge in [0.15, 0.2) is 0 Å². The minimum atomic E-state index is 0.369. The van der Waals surface area contributed by atoms with Crippen LogP contribution in [-0.4, -0.2) is 14.5 Å². The molecule has 0 aliphatic rings. The van der Waals surface area contributed by atoms with E-state index in [1.54, 1.807) is 6.20 Å². The van der Waals surface area contributed by atoms with Crippen molar-refractivity contribution in [2.24, 2.45) is 0 Å². The van der Waals surface area contributed by atoms with Crippen molar-refractivity contribution in [1.29, 1.82) is 0 Å². The maximum atomic E-state index is 5.99. The van der Waals surface area contributed by atoms with Gasteiger partial charge in [0.25, 0.3) is 0 Å². The summed E-state index contributed by atoms with van der Waals surface area (Å²) < 4.78 is 7.59. The Bertz CT molecular complexity index is 729. The summed E-state index contributed by atoms with van der Waals surface area (Å²) in [6.45, 7) is 4.48. The molecule has 19 heavy (non-hydrogen) atoms. The van der Waals surface area contributed by atoms with Gasteiger partial charge in [0, 0.05) is 0 Å². The van der Waals surface area contributed by atoms with E-state index in [9.17, 15) is 0 Å². The molecule has 3 aromatic rings. The minimum absolute atomic E-state index is 0.369. The molecule has 1 aromatic carbocycles. The molecule has 2 heterocycles. The SMILES string of the molecule is Cc1cnc(Cn2c(CCl)nc3c(C)cccc32)o1. The number of oxazole rings is 1. The van der Waals surface area contributed by atoms with Crippen LogP contribution in [0.5, 0.6) is 0 Å². The molecular formula is C14H14ClN3O. The van der Waals surface area contributed by atoms with Gasteiger partial charge in [-0.25, -0.2) is 9.97 Å². The number of hydrogen-bond donors (Lipinski definition) is 0. The Morgan fingerprint density at radius 1 is 1.32 bits per heavy atom. The maximum absolute atomic E-state index is 5.99. The van der Waals surface area contributed by atoms with Crippen LogP contribution < -0.4 is 0 Å². The highest BCUT2D eigenvalue weighted by Crippen LogP contribution is 2.22. The monoisotopic (exact) mass is 275 g/mol. The predicted octanol–water partition coefficient (Wildman–Crippen LogP) is 3.43. The van der Waals surface area contributed by atoms with E-state index in [1.807, 2.05) is 32.0 Å². The fourth-order valence-electron chi connectivity index (χ4n) is 2.22. The Morgan fingerprint density at radius 3 is 2.84 bits per heavy atom. The second-order valence-electron chi connectivity index (χ2n) is 4.56. The van der Waals surface area contributed by atoms with E-state index in [0.29, 0.717) is 18.3 Å². The van der Waals surface area contributed by atoms with Crippen molar-refractivity contribution in [1.82, 2.24) is 14.5 Å². The first-order valence-corrected chi connectivity index (χ1v) is 6.64. The highest BCUT2D eigenvalue weighted by atomic mass is 35.5. The molecular weight excluding hydrogens is 262 g/mol. The Balaban J connectivity index is 2.13. The molecule has 2 aromatic heterocycles. The van der Waals surface area contributed by atoms with Gasteiger partial charge in [-0.05, 0) is 25.5 Å². The molecule has 0 bridgehead atoms. The van der Waals surface area contributed by atoms with E-state index >= 15 is 0 Å². The average Bonchev–Trinajstić information content (AvgIpc) is 2.96. The van der Waals surface area contributed by atoms with E-state index in [-0.39, 0.29) is 0 Å². The van der Waals surface area contributed by atoms with Crippen LogP contribution in [0, 0.1) is 13.8 Å². The molecule has 0 aliphatic heterocycles. The van der Waals surface area contributed by atoms with E-state index in [2.05, 4.69) is 14.5 Å². The number of aryl methyl sites for hydroxylation is 2. The summed E-state index contributed by atoms with van der Waals surface area (Å²) in [5.74, 6) is 2.68. The van der Waals surface area contributed by atoms with Crippen LogP contribution in [0.25, 0.3) is 11.0 Å². The molecule has 0 radical (unpaired) electrons. The summed E-state index contributed by atoms with van der Waals surface area (Å²) in [5.41, 5.74) is 3.19.